The van der Waals surface area contributed by atoms with Crippen molar-refractivity contribution in [1.29, 1.82) is 0 Å². The van der Waals surface area contributed by atoms with Crippen molar-refractivity contribution in [1.82, 2.24) is 0 Å². The fourth-order valence-corrected chi connectivity index (χ4v) is 15.2. The molecular formula is C105H150N5+5. The third-order valence-corrected chi connectivity index (χ3v) is 25.7. The van der Waals surface area contributed by atoms with E-state index in [-0.39, 0.29) is 37.9 Å². The van der Waals surface area contributed by atoms with Crippen molar-refractivity contribution in [3.8, 4) is 56.3 Å². The van der Waals surface area contributed by atoms with Gasteiger partial charge in [0.25, 0.3) is 0 Å². The van der Waals surface area contributed by atoms with E-state index in [0.29, 0.717) is 5.56 Å². The second-order valence-corrected chi connectivity index (χ2v) is 36.7. The van der Waals surface area contributed by atoms with E-state index in [1.807, 2.05) is 13.0 Å². The van der Waals surface area contributed by atoms with Crippen molar-refractivity contribution in [2.75, 3.05) is 0 Å². The molecule has 0 saturated heterocycles. The molecule has 0 N–H and O–H groups in total. The maximum atomic E-state index is 7.57. The molecule has 590 valence electrons. The standard InChI is InChI=1S/2C23H34N.2C20H28N.C19H26N/c2*1-9-22(4,5)19-15-21(18-14-12-11-13-17(18)3)24(8)16-20(19)23(6,7)10-2;2*1-8-20(5,6)18-13-21(7)19(12-16(18)4)17-10-9-14(2)11-15(17)3;1-7-19(4,5)17-13-20(6)18(12-15(17)3)16-11-9-8-10-14(16)2/h2*11-16H,9-10H2,1-8H3;2*9-13H,8H2,1-7H3;8-13H,7H2,1-6H3/q5*+1/i;;2D3;;. The van der Waals surface area contributed by atoms with Crippen molar-refractivity contribution in [2.45, 2.75) is 297 Å². The Balaban J connectivity index is 0.000000220. The minimum atomic E-state index is -2.06. The Labute approximate surface area is 677 Å². The van der Waals surface area contributed by atoms with E-state index in [9.17, 15) is 0 Å². The molecule has 0 radical (unpaired) electrons. The van der Waals surface area contributed by atoms with E-state index in [1.165, 1.54) is 128 Å². The van der Waals surface area contributed by atoms with Crippen molar-refractivity contribution >= 4 is 0 Å². The van der Waals surface area contributed by atoms with Gasteiger partial charge in [-0.1, -0.05) is 235 Å². The van der Waals surface area contributed by atoms with Gasteiger partial charge in [0.1, 0.15) is 35.2 Å². The normalized spacial score (nSPS) is 12.6. The number of hydrogen-bond acceptors (Lipinski definition) is 0. The molecule has 110 heavy (non-hydrogen) atoms. The van der Waals surface area contributed by atoms with Crippen LogP contribution in [0.15, 0.2) is 171 Å². The topological polar surface area (TPSA) is 19.4 Å². The van der Waals surface area contributed by atoms with Crippen LogP contribution in [0.25, 0.3) is 56.3 Å². The molecule has 0 saturated carbocycles. The Morgan fingerprint density at radius 2 is 0.436 bits per heavy atom. The monoisotopic (exact) mass is 1480 g/mol. The molecule has 5 aromatic carbocycles. The average molecular weight is 1490 g/mol. The van der Waals surface area contributed by atoms with Gasteiger partial charge in [0, 0.05) is 90.1 Å². The predicted octanol–water partition coefficient (Wildman–Crippen LogP) is 25.8. The van der Waals surface area contributed by atoms with Crippen LogP contribution in [-0.4, -0.2) is 0 Å². The van der Waals surface area contributed by atoms with Gasteiger partial charge < -0.3 is 0 Å². The number of nitrogens with zero attached hydrogens (tertiary/aromatic N) is 5. The third-order valence-electron chi connectivity index (χ3n) is 25.7. The maximum absolute atomic E-state index is 7.57. The van der Waals surface area contributed by atoms with Crippen molar-refractivity contribution < 1.29 is 26.9 Å². The predicted molar refractivity (Wildman–Crippen MR) is 476 cm³/mol. The number of benzene rings is 5. The smallest absolute Gasteiger partial charge is 0.201 e. The van der Waals surface area contributed by atoms with Crippen LogP contribution in [0.5, 0.6) is 0 Å². The summed E-state index contributed by atoms with van der Waals surface area (Å²) in [5.41, 5.74) is 36.3. The van der Waals surface area contributed by atoms with Gasteiger partial charge in [0.15, 0.2) is 31.0 Å². The first-order valence-corrected chi connectivity index (χ1v) is 41.4. The molecule has 5 nitrogen and oxygen atoms in total. The molecule has 0 aliphatic rings. The highest BCUT2D eigenvalue weighted by Gasteiger charge is 2.36. The summed E-state index contributed by atoms with van der Waals surface area (Å²) in [4.78, 5) is 0. The minimum Gasteiger partial charge on any atom is -0.201 e. The van der Waals surface area contributed by atoms with Gasteiger partial charge in [0.05, 0.1) is 0 Å². The summed E-state index contributed by atoms with van der Waals surface area (Å²) in [6, 6.07) is 49.8. The maximum Gasteiger partial charge on any atom is 0.212 e. The van der Waals surface area contributed by atoms with Crippen LogP contribution in [0, 0.1) is 69.2 Å². The summed E-state index contributed by atoms with van der Waals surface area (Å²) >= 11 is 0. The summed E-state index contributed by atoms with van der Waals surface area (Å²) in [5, 5.41) is 0. The van der Waals surface area contributed by atoms with Gasteiger partial charge in [0.2, 0.25) is 28.5 Å². The van der Waals surface area contributed by atoms with Gasteiger partial charge in [-0.05, 0) is 238 Å². The van der Waals surface area contributed by atoms with Crippen molar-refractivity contribution in [3.63, 3.8) is 0 Å². The molecule has 0 aliphatic carbocycles. The van der Waals surface area contributed by atoms with E-state index < -0.39 is 6.85 Å². The third kappa shape index (κ3) is 21.3. The molecule has 0 aliphatic heterocycles. The lowest BCUT2D eigenvalue weighted by Crippen LogP contribution is -2.37. The molecule has 0 unspecified atom stereocenters. The lowest BCUT2D eigenvalue weighted by atomic mass is 9.71. The highest BCUT2D eigenvalue weighted by molar-refractivity contribution is 5.67. The second-order valence-electron chi connectivity index (χ2n) is 36.7. The summed E-state index contributed by atoms with van der Waals surface area (Å²) < 4.78 is 34.0. The number of pyridine rings is 5. The zero-order valence-electron chi connectivity index (χ0n) is 78.9. The molecule has 0 atom stereocenters. The van der Waals surface area contributed by atoms with Gasteiger partial charge >= 0.3 is 0 Å². The quantitative estimate of drug-likeness (QED) is 0.0719. The SMILES string of the molecule is CCC(C)(C)c1c[n+](C)c(-c2ccc(C)cc2C)cc1C.CCC(C)(C)c1c[n+](C)c(-c2ccccc2C)cc1C.CCC(C)(C)c1cc(-c2ccccc2C)[n+](C)cc1C(C)(C)CC.CCC(C)(C)c1cc(-c2ccccc2C)[n+](C)cc1C(C)(C)CC.[2H]C([2H])([2H])c1ccc(-c2cc(C)c(C(C)(C)CC)c[n+]2C)c(C)c1. The van der Waals surface area contributed by atoms with Crippen LogP contribution >= 0.6 is 0 Å². The van der Waals surface area contributed by atoms with Gasteiger partial charge in [-0.2, -0.15) is 0 Å². The van der Waals surface area contributed by atoms with Gasteiger partial charge in [-0.25, -0.2) is 22.8 Å². The fourth-order valence-electron chi connectivity index (χ4n) is 15.2. The van der Waals surface area contributed by atoms with E-state index in [1.54, 1.807) is 12.1 Å². The second kappa shape index (κ2) is 37.0. The molecule has 5 aromatic heterocycles. The Bertz CT molecular complexity index is 4800. The molecular weight excluding hydrogens is 1330 g/mol. The number of aryl methyl sites for hydroxylation is 15. The number of hydrogen-bond donors (Lipinski definition) is 0. The molecule has 10 aromatic rings. The molecule has 5 heteroatoms. The first kappa shape index (κ1) is 85.8. The molecule has 0 amide bonds. The first-order valence-electron chi connectivity index (χ1n) is 42.9. The summed E-state index contributed by atoms with van der Waals surface area (Å²) in [5.74, 6) is 0. The Morgan fingerprint density at radius 1 is 0.227 bits per heavy atom. The van der Waals surface area contributed by atoms with Gasteiger partial charge in [-0.15, -0.1) is 0 Å². The van der Waals surface area contributed by atoms with Crippen LogP contribution in [0.4, 0.5) is 0 Å². The Hall–Kier alpha value is -8.15. The highest BCUT2D eigenvalue weighted by atomic mass is 14.9. The zero-order chi connectivity index (χ0) is 85.2. The Morgan fingerprint density at radius 3 is 0.682 bits per heavy atom. The van der Waals surface area contributed by atoms with E-state index in [0.717, 1.165) is 61.8 Å². The van der Waals surface area contributed by atoms with E-state index in [2.05, 4.69) is 411 Å². The highest BCUT2D eigenvalue weighted by Crippen LogP contribution is 2.42. The van der Waals surface area contributed by atoms with Crippen molar-refractivity contribution in [3.05, 3.63) is 265 Å². The molecule has 10 rings (SSSR count). The molecule has 0 fully saturated rings. The van der Waals surface area contributed by atoms with Crippen LogP contribution in [0.3, 0.4) is 0 Å². The van der Waals surface area contributed by atoms with Crippen molar-refractivity contribution in [2.24, 2.45) is 35.2 Å². The first-order chi connectivity index (χ1) is 52.4. The number of rotatable bonds is 19. The largest absolute Gasteiger partial charge is 0.212 e. The van der Waals surface area contributed by atoms with Crippen LogP contribution in [-0.2, 0) is 73.1 Å². The lowest BCUT2D eigenvalue weighted by molar-refractivity contribution is -0.661. The number of aromatic nitrogens is 5. The molecule has 0 spiro atoms. The average Bonchev–Trinajstić information content (AvgIpc) is 0.768. The van der Waals surface area contributed by atoms with Crippen LogP contribution < -0.4 is 22.8 Å². The summed E-state index contributed by atoms with van der Waals surface area (Å²) in [6.07, 6.45) is 19.5. The molecule has 0 bridgehead atoms. The van der Waals surface area contributed by atoms with Crippen LogP contribution in [0.2, 0.25) is 0 Å². The molecule has 5 heterocycles. The summed E-state index contributed by atoms with van der Waals surface area (Å²) in [7, 11) is 10.7. The zero-order valence-corrected chi connectivity index (χ0v) is 75.9. The van der Waals surface area contributed by atoms with Crippen LogP contribution in [0.1, 0.15) is 289 Å². The van der Waals surface area contributed by atoms with Gasteiger partial charge in [-0.3, -0.25) is 0 Å². The van der Waals surface area contributed by atoms with E-state index >= 15 is 0 Å². The van der Waals surface area contributed by atoms with E-state index in [4.69, 9.17) is 4.11 Å². The Kier molecular flexibility index (Phi) is 28.9. The fraction of sp³-hybridized carbons (Fsp3) is 0.476. The summed E-state index contributed by atoms with van der Waals surface area (Å²) in [6.45, 7) is 66.2. The lowest BCUT2D eigenvalue weighted by Gasteiger charge is -2.32. The minimum absolute atomic E-state index is 0.139.